The molecule has 5 N–H and O–H groups in total. The Balaban J connectivity index is 0.00000152. The van der Waals surface area contributed by atoms with Crippen LogP contribution in [0.2, 0.25) is 0 Å². The first-order valence-corrected chi connectivity index (χ1v) is 32.6. The summed E-state index contributed by atoms with van der Waals surface area (Å²) in [6, 6.07) is 20.7. The summed E-state index contributed by atoms with van der Waals surface area (Å²) in [7, 11) is 0. The zero-order valence-corrected chi connectivity index (χ0v) is 57.9. The standard InChI is InChI=1S/C28H35N5O7S.C26H33N5O6S.2CO2.Na.5O.2Tc/c1-3-12-29-28(23(35)14-30-24(36)15-31-25(37)16-32-26(38)17-41-18(2)34)40-21-9-6-19(7-10-21)27(39)22-11-8-20-5-4-13-33(20)22;1-2-11-27-26(21(32)13-28-22(33)14-29-23(34)15-30-24(35)16-38)37-19-8-5-17(6-9-19)25(36)20-10-7-18-4-3-12-31(18)20;2*2-1-3;;;;;;;;/h6-11,28-29H,3-5,12-17H2,1-2H3,(H,30,36)(H,31,37)(H,32,38);5-10,26-27H,2-4,11-16H2,1H3,(H4,28,29,30,33,34,35,38);;;;;;;;;;/q;;;;+1;;;;;-1;+4;/p-4/i;;;;;;;;;;1+1;. The van der Waals surface area contributed by atoms with Crippen LogP contribution in [0.5, 0.6) is 11.5 Å². The van der Waals surface area contributed by atoms with Gasteiger partial charge < -0.3 is 77.5 Å². The van der Waals surface area contributed by atoms with Crippen LogP contribution in [0, 0.1) is 0 Å². The molecule has 6 amide bonds. The molecule has 0 spiro atoms. The number of aryl methyl sites for hydroxylation is 2. The third-order valence-corrected chi connectivity index (χ3v) is 12.9. The van der Waals surface area contributed by atoms with Crippen molar-refractivity contribution in [2.75, 3.05) is 63.9 Å². The van der Waals surface area contributed by atoms with Gasteiger partial charge in [0.1, 0.15) is 11.5 Å². The SMILES string of the molecule is CCCNC(Oc1ccc(C(=O)c2ccc3n2CCC3)cc1)C(=O)CNC(=O)CNC(=O)CNC(=O)CSC(C)=O.CCCNC(Oc1ccc(C(=O)c2ccc3n2CCC3)cc1)C(=O)C[N-]C(=O)C[N-]C(=O)C[N-]C(=O)C[S-].O=C=O.O=C=O.[Na+].[O]=[99Tc+4].[O]=[Tc](=[O])(=[O])[O-]. The van der Waals surface area contributed by atoms with E-state index in [-0.39, 0.29) is 83.1 Å². The molecule has 2 aromatic heterocycles. The van der Waals surface area contributed by atoms with Gasteiger partial charge in [-0.25, -0.2) is 0 Å². The number of nitrogens with one attached hydrogen (secondary N) is 5. The number of benzene rings is 2. The number of fused-ring (bicyclic) bond motifs is 2. The summed E-state index contributed by atoms with van der Waals surface area (Å²) in [6.07, 6.45) is 3.87. The summed E-state index contributed by atoms with van der Waals surface area (Å²) in [4.78, 5) is 165. The molecule has 0 saturated heterocycles. The van der Waals surface area contributed by atoms with Gasteiger partial charge in [0.15, 0.2) is 10.9 Å². The van der Waals surface area contributed by atoms with E-state index in [0.717, 1.165) is 93.6 Å². The van der Waals surface area contributed by atoms with Crippen LogP contribution in [-0.4, -0.2) is 161 Å². The molecular weight excluding hydrogens is 1450 g/mol. The second-order valence-corrected chi connectivity index (χ2v) is 21.7. The van der Waals surface area contributed by atoms with E-state index in [9.17, 15) is 52.7 Å². The molecule has 0 radical (unpaired) electrons. The fraction of sp³-hybridized carbons (Fsp3) is 0.411. The Labute approximate surface area is 577 Å². The maximum atomic E-state index is 13.0. The minimum atomic E-state index is -5.94. The van der Waals surface area contributed by atoms with E-state index in [0.29, 0.717) is 47.1 Å². The first kappa shape index (κ1) is 85.6. The molecule has 4 aromatic rings. The van der Waals surface area contributed by atoms with Crippen molar-refractivity contribution in [1.29, 1.82) is 0 Å². The van der Waals surface area contributed by atoms with E-state index < -0.39 is 101 Å². The molecule has 93 heavy (non-hydrogen) atoms. The van der Waals surface area contributed by atoms with Gasteiger partial charge in [-0.15, -0.1) is 5.75 Å². The van der Waals surface area contributed by atoms with E-state index in [1.54, 1.807) is 48.5 Å². The number of Topliss-reactive ketones (excluding diaryl/α,β-unsaturated/α-hetero) is 2. The summed E-state index contributed by atoms with van der Waals surface area (Å²) < 4.78 is 58.4. The average Bonchev–Trinajstić information content (AvgIpc) is 1.69. The van der Waals surface area contributed by atoms with Gasteiger partial charge in [-0.1, -0.05) is 45.2 Å². The molecule has 2 unspecified atom stereocenters. The number of carbonyl (C=O) groups excluding carboxylic acids is 15. The van der Waals surface area contributed by atoms with Crippen LogP contribution >= 0.6 is 11.8 Å². The molecule has 37 heteroatoms. The number of thioether (sulfide) groups is 1. The second kappa shape index (κ2) is 48.3. The Hall–Kier alpha value is -7.39. The van der Waals surface area contributed by atoms with Gasteiger partial charge in [-0.2, -0.15) is 19.2 Å². The molecule has 32 nitrogen and oxygen atoms in total. The number of rotatable bonds is 31. The van der Waals surface area contributed by atoms with Crippen molar-refractivity contribution in [2.45, 2.75) is 84.8 Å². The molecule has 2 aliphatic rings. The number of carbonyl (C=O) groups is 11. The van der Waals surface area contributed by atoms with Crippen molar-refractivity contribution >= 4 is 100 Å². The fourth-order valence-corrected chi connectivity index (χ4v) is 8.36. The van der Waals surface area contributed by atoms with Crippen molar-refractivity contribution in [2.24, 2.45) is 0 Å². The molecule has 6 rings (SSSR count). The zero-order valence-electron chi connectivity index (χ0n) is 50.6. The van der Waals surface area contributed by atoms with Gasteiger partial charge in [0.05, 0.1) is 36.8 Å². The second-order valence-electron chi connectivity index (χ2n) is 18.4. The zero-order chi connectivity index (χ0) is 69.2. The van der Waals surface area contributed by atoms with Gasteiger partial charge in [-0.3, -0.25) is 49.0 Å². The van der Waals surface area contributed by atoms with Crippen molar-refractivity contribution in [3.63, 3.8) is 0 Å². The Morgan fingerprint density at radius 1 is 0.591 bits per heavy atom. The van der Waals surface area contributed by atoms with Crippen molar-refractivity contribution in [3.05, 3.63) is 123 Å². The molecule has 4 heterocycles. The van der Waals surface area contributed by atoms with Crippen LogP contribution < -0.4 is 69.5 Å². The number of nitrogens with zero attached hydrogens (tertiary/aromatic N) is 5. The van der Waals surface area contributed by atoms with Crippen LogP contribution in [0.4, 0.5) is 0 Å². The van der Waals surface area contributed by atoms with Gasteiger partial charge in [0, 0.05) is 60.2 Å². The summed E-state index contributed by atoms with van der Waals surface area (Å²) in [6.45, 7) is 5.23. The third kappa shape index (κ3) is 35.5. The average molecular weight is 1510 g/mol. The fourth-order valence-electron chi connectivity index (χ4n) is 7.83. The summed E-state index contributed by atoms with van der Waals surface area (Å²) in [5.74, 6) is -4.48. The third-order valence-electron chi connectivity index (χ3n) is 11.8. The molecule has 0 aliphatic carbocycles. The molecule has 2 atom stereocenters. The van der Waals surface area contributed by atoms with E-state index in [1.807, 2.05) is 47.2 Å². The molecule has 497 valence electrons. The first-order chi connectivity index (χ1) is 43.8. The Morgan fingerprint density at radius 2 is 0.957 bits per heavy atom. The van der Waals surface area contributed by atoms with Gasteiger partial charge in [0.25, 0.3) is 0 Å². The molecule has 0 saturated carbocycles. The number of ether oxygens (including phenoxy) is 2. The van der Waals surface area contributed by atoms with Gasteiger partial charge in [0.2, 0.25) is 47.5 Å². The predicted octanol–water partition coefficient (Wildman–Crippen LogP) is -3.08. The van der Waals surface area contributed by atoms with E-state index in [2.05, 4.69) is 55.2 Å². The topological polar surface area (TPSA) is 478 Å². The molecule has 0 fully saturated rings. The summed E-state index contributed by atoms with van der Waals surface area (Å²) in [5.41, 5.74) is 4.66. The van der Waals surface area contributed by atoms with E-state index in [1.165, 1.54) is 6.92 Å². The number of hydrogen-bond acceptors (Lipinski definition) is 26. The van der Waals surface area contributed by atoms with Gasteiger partial charge in [-0.05, 0) is 124 Å². The molecular formula is C56H64N10NaO22S2Tc2. The number of aromatic nitrogens is 2. The van der Waals surface area contributed by atoms with Crippen LogP contribution in [-0.2, 0) is 149 Å². The van der Waals surface area contributed by atoms with Crippen LogP contribution in [0.1, 0.15) is 89.9 Å². The number of ketones is 4. The van der Waals surface area contributed by atoms with E-state index >= 15 is 0 Å². The van der Waals surface area contributed by atoms with Crippen LogP contribution in [0.15, 0.2) is 72.8 Å². The molecule has 2 aliphatic heterocycles. The first-order valence-electron chi connectivity index (χ1n) is 27.2. The Kier molecular flexibility index (Phi) is 44.5. The number of amides is 6. The van der Waals surface area contributed by atoms with E-state index in [4.69, 9.17) is 46.5 Å². The number of hydrogen-bond donors (Lipinski definition) is 5. The molecule has 0 bridgehead atoms. The minimum absolute atomic E-state index is 0. The van der Waals surface area contributed by atoms with Crippen molar-refractivity contribution in [1.82, 2.24) is 35.7 Å². The van der Waals surface area contributed by atoms with Gasteiger partial charge >= 0.3 is 94.1 Å². The van der Waals surface area contributed by atoms with Crippen LogP contribution in [0.3, 0.4) is 0 Å². The molecule has 2 aromatic carbocycles. The monoisotopic (exact) mass is 1510 g/mol. The quantitative estimate of drug-likeness (QED) is 0.0144. The Bertz CT molecular complexity index is 3380. The van der Waals surface area contributed by atoms with Crippen molar-refractivity contribution in [3.8, 4) is 11.5 Å². The normalized spacial score (nSPS) is 11.6. The summed E-state index contributed by atoms with van der Waals surface area (Å²) in [5, 5.41) is 23.4. The van der Waals surface area contributed by atoms with Crippen molar-refractivity contribution < 1.29 is 163 Å². The summed E-state index contributed by atoms with van der Waals surface area (Å²) >= 11 is 0.292. The Morgan fingerprint density at radius 3 is 1.34 bits per heavy atom. The van der Waals surface area contributed by atoms with Crippen LogP contribution in [0.25, 0.3) is 16.0 Å². The predicted molar refractivity (Wildman–Crippen MR) is 308 cm³/mol. The maximum absolute atomic E-state index is 13.0.